The Labute approximate surface area is 257 Å². The van der Waals surface area contributed by atoms with Crippen molar-refractivity contribution >= 4 is 17.8 Å². The van der Waals surface area contributed by atoms with Crippen molar-refractivity contribution in [2.45, 2.75) is 38.6 Å². The minimum atomic E-state index is -1.16. The molecule has 0 spiro atoms. The number of aromatic nitrogens is 2. The Bertz CT molecular complexity index is 1570. The van der Waals surface area contributed by atoms with E-state index >= 15 is 0 Å². The molecule has 0 bridgehead atoms. The predicted octanol–water partition coefficient (Wildman–Crippen LogP) is 5.60. The van der Waals surface area contributed by atoms with Crippen LogP contribution in [0.3, 0.4) is 0 Å². The van der Waals surface area contributed by atoms with Gasteiger partial charge in [-0.15, -0.1) is 0 Å². The van der Waals surface area contributed by atoms with E-state index in [4.69, 9.17) is 9.72 Å². The number of carbonyl (C=O) groups is 2. The third-order valence-electron chi connectivity index (χ3n) is 8.01. The van der Waals surface area contributed by atoms with E-state index in [1.54, 1.807) is 13.2 Å². The summed E-state index contributed by atoms with van der Waals surface area (Å²) < 4.78 is 19.3. The van der Waals surface area contributed by atoms with E-state index in [9.17, 15) is 19.1 Å². The number of hydrogen-bond donors (Lipinski definition) is 1. The molecule has 1 aliphatic rings. The first-order valence-electron chi connectivity index (χ1n) is 14.9. The van der Waals surface area contributed by atoms with E-state index in [1.807, 2.05) is 30.3 Å². The molecule has 1 aromatic heterocycles. The molecule has 1 aliphatic heterocycles. The maximum absolute atomic E-state index is 13.9. The predicted molar refractivity (Wildman–Crippen MR) is 166 cm³/mol. The van der Waals surface area contributed by atoms with Gasteiger partial charge in [0, 0.05) is 25.8 Å². The van der Waals surface area contributed by atoms with Crippen LogP contribution in [-0.2, 0) is 30.6 Å². The number of carbonyl (C=O) groups excluding carboxylic acids is 1. The lowest BCUT2D eigenvalue weighted by atomic mass is 9.90. The molecular weight excluding hydrogens is 559 g/mol. The van der Waals surface area contributed by atoms with Gasteiger partial charge in [0.25, 0.3) is 5.91 Å². The van der Waals surface area contributed by atoms with Gasteiger partial charge in [0.15, 0.2) is 0 Å². The Hall–Kier alpha value is -4.79. The number of amides is 1. The number of aryl methyl sites for hydroxylation is 2. The van der Waals surface area contributed by atoms with Gasteiger partial charge in [0.2, 0.25) is 5.95 Å². The van der Waals surface area contributed by atoms with Crippen molar-refractivity contribution in [3.8, 4) is 5.75 Å². The fraction of sp³-hybridized carbons (Fsp3) is 0.314. The van der Waals surface area contributed by atoms with E-state index in [0.29, 0.717) is 36.0 Å². The number of nitrogens with zero attached hydrogens (tertiary/aromatic N) is 4. The lowest BCUT2D eigenvalue weighted by Crippen LogP contribution is -2.37. The lowest BCUT2D eigenvalue weighted by molar-refractivity contribution is -0.137. The molecule has 0 radical (unpaired) electrons. The van der Waals surface area contributed by atoms with E-state index in [2.05, 4.69) is 34.1 Å². The lowest BCUT2D eigenvalue weighted by Gasteiger charge is -2.32. The summed E-state index contributed by atoms with van der Waals surface area (Å²) >= 11 is 0. The molecular formula is C35H37FN4O4. The van der Waals surface area contributed by atoms with Crippen LogP contribution >= 0.6 is 0 Å². The minimum absolute atomic E-state index is 0.0606. The number of anilines is 1. The zero-order valence-corrected chi connectivity index (χ0v) is 24.9. The SMILES string of the molecule is COc1cccc(CCc2nc(N3CCC(Cc4ccccc4)CC3)ncc2C(=O)N(CC(=O)O)Cc2cccc(F)c2)c1. The van der Waals surface area contributed by atoms with Gasteiger partial charge >= 0.3 is 5.97 Å². The molecule has 1 amide bonds. The van der Waals surface area contributed by atoms with Gasteiger partial charge < -0.3 is 19.6 Å². The molecule has 0 saturated carbocycles. The zero-order chi connectivity index (χ0) is 30.9. The van der Waals surface area contributed by atoms with Gasteiger partial charge in [-0.1, -0.05) is 54.6 Å². The summed E-state index contributed by atoms with van der Waals surface area (Å²) in [6.07, 6.45) is 5.61. The molecule has 1 fully saturated rings. The second-order valence-corrected chi connectivity index (χ2v) is 11.2. The number of benzene rings is 3. The van der Waals surface area contributed by atoms with E-state index in [-0.39, 0.29) is 12.1 Å². The summed E-state index contributed by atoms with van der Waals surface area (Å²) in [4.78, 5) is 38.5. The van der Waals surface area contributed by atoms with Crippen LogP contribution in [0.5, 0.6) is 5.75 Å². The fourth-order valence-corrected chi connectivity index (χ4v) is 5.69. The highest BCUT2D eigenvalue weighted by Gasteiger charge is 2.26. The first-order chi connectivity index (χ1) is 21.4. The number of ether oxygens (including phenoxy) is 1. The molecule has 4 aromatic rings. The molecule has 5 rings (SSSR count). The van der Waals surface area contributed by atoms with Crippen molar-refractivity contribution in [2.24, 2.45) is 5.92 Å². The number of rotatable bonds is 12. The van der Waals surface area contributed by atoms with Crippen molar-refractivity contribution < 1.29 is 23.8 Å². The second-order valence-electron chi connectivity index (χ2n) is 11.2. The van der Waals surface area contributed by atoms with Crippen LogP contribution in [0.25, 0.3) is 0 Å². The Morgan fingerprint density at radius 2 is 1.68 bits per heavy atom. The van der Waals surface area contributed by atoms with Gasteiger partial charge in [-0.05, 0) is 79.0 Å². The first kappa shape index (κ1) is 30.7. The first-order valence-corrected chi connectivity index (χ1v) is 14.9. The molecule has 3 aromatic carbocycles. The van der Waals surface area contributed by atoms with Crippen LogP contribution in [0.15, 0.2) is 85.1 Å². The molecule has 0 unspecified atom stereocenters. The number of hydrogen-bond acceptors (Lipinski definition) is 6. The van der Waals surface area contributed by atoms with Gasteiger partial charge in [-0.25, -0.2) is 14.4 Å². The summed E-state index contributed by atoms with van der Waals surface area (Å²) in [6, 6.07) is 24.0. The van der Waals surface area contributed by atoms with Crippen LogP contribution in [-0.4, -0.2) is 58.6 Å². The summed E-state index contributed by atoms with van der Waals surface area (Å²) in [6.45, 7) is 1.02. The van der Waals surface area contributed by atoms with Gasteiger partial charge in [0.05, 0.1) is 18.4 Å². The van der Waals surface area contributed by atoms with Crippen LogP contribution in [0.4, 0.5) is 10.3 Å². The smallest absolute Gasteiger partial charge is 0.323 e. The van der Waals surface area contributed by atoms with Crippen molar-refractivity contribution in [3.05, 3.63) is 119 Å². The minimum Gasteiger partial charge on any atom is -0.497 e. The Balaban J connectivity index is 1.38. The average Bonchev–Trinajstić information content (AvgIpc) is 3.04. The number of carboxylic acids is 1. The van der Waals surface area contributed by atoms with E-state index < -0.39 is 24.2 Å². The van der Waals surface area contributed by atoms with Crippen LogP contribution in [0.2, 0.25) is 0 Å². The third kappa shape index (κ3) is 8.18. The van der Waals surface area contributed by atoms with E-state index in [1.165, 1.54) is 34.9 Å². The Kier molecular flexibility index (Phi) is 10.2. The molecule has 0 aliphatic carbocycles. The van der Waals surface area contributed by atoms with Crippen molar-refractivity contribution in [2.75, 3.05) is 31.6 Å². The van der Waals surface area contributed by atoms with Gasteiger partial charge in [-0.2, -0.15) is 0 Å². The number of aliphatic carboxylic acids is 1. The summed E-state index contributed by atoms with van der Waals surface area (Å²) in [7, 11) is 1.62. The summed E-state index contributed by atoms with van der Waals surface area (Å²) in [5, 5.41) is 9.59. The fourth-order valence-electron chi connectivity index (χ4n) is 5.69. The number of methoxy groups -OCH3 is 1. The van der Waals surface area contributed by atoms with Crippen LogP contribution in [0, 0.1) is 11.7 Å². The van der Waals surface area contributed by atoms with Gasteiger partial charge in [-0.3, -0.25) is 9.59 Å². The Morgan fingerprint density at radius 1 is 0.955 bits per heavy atom. The van der Waals surface area contributed by atoms with Crippen molar-refractivity contribution in [3.63, 3.8) is 0 Å². The third-order valence-corrected chi connectivity index (χ3v) is 8.01. The number of halogens is 1. The molecule has 8 nitrogen and oxygen atoms in total. The highest BCUT2D eigenvalue weighted by Crippen LogP contribution is 2.26. The maximum atomic E-state index is 13.9. The molecule has 0 atom stereocenters. The average molecular weight is 597 g/mol. The molecule has 1 saturated heterocycles. The zero-order valence-electron chi connectivity index (χ0n) is 24.9. The van der Waals surface area contributed by atoms with Crippen molar-refractivity contribution in [1.29, 1.82) is 0 Å². The second kappa shape index (κ2) is 14.6. The highest BCUT2D eigenvalue weighted by atomic mass is 19.1. The van der Waals surface area contributed by atoms with Crippen LogP contribution in [0.1, 0.15) is 45.6 Å². The Morgan fingerprint density at radius 3 is 2.41 bits per heavy atom. The topological polar surface area (TPSA) is 95.9 Å². The normalized spacial score (nSPS) is 13.5. The highest BCUT2D eigenvalue weighted by molar-refractivity contribution is 5.96. The quantitative estimate of drug-likeness (QED) is 0.228. The summed E-state index contributed by atoms with van der Waals surface area (Å²) in [5.41, 5.74) is 3.64. The monoisotopic (exact) mass is 596 g/mol. The largest absolute Gasteiger partial charge is 0.497 e. The van der Waals surface area contributed by atoms with Crippen molar-refractivity contribution in [1.82, 2.24) is 14.9 Å². The number of piperidine rings is 1. The van der Waals surface area contributed by atoms with Gasteiger partial charge in [0.1, 0.15) is 18.1 Å². The molecule has 1 N–H and O–H groups in total. The summed E-state index contributed by atoms with van der Waals surface area (Å²) in [5.74, 6) is -0.244. The standard InChI is InChI=1S/C35H37FN4O4/c1-44-30-12-6-9-26(21-30)13-14-32-31(34(43)40(24-33(41)42)23-28-10-5-11-29(36)20-28)22-37-35(38-32)39-17-15-27(16-18-39)19-25-7-3-2-4-8-25/h2-12,20-22,27H,13-19,23-24H2,1H3,(H,41,42). The maximum Gasteiger partial charge on any atom is 0.323 e. The number of carboxylic acid groups (broad SMARTS) is 1. The molecule has 2 heterocycles. The molecule has 44 heavy (non-hydrogen) atoms. The van der Waals surface area contributed by atoms with Crippen LogP contribution < -0.4 is 9.64 Å². The van der Waals surface area contributed by atoms with E-state index in [0.717, 1.165) is 43.7 Å². The molecule has 9 heteroatoms. The molecule has 228 valence electrons.